The van der Waals surface area contributed by atoms with Crippen LogP contribution in [0.1, 0.15) is 29.4 Å². The van der Waals surface area contributed by atoms with Gasteiger partial charge in [0, 0.05) is 11.0 Å². The molecule has 2 rings (SSSR count). The van der Waals surface area contributed by atoms with E-state index in [1.54, 1.807) is 17.4 Å². The Morgan fingerprint density at radius 2 is 2.28 bits per heavy atom. The van der Waals surface area contributed by atoms with Crippen LogP contribution < -0.4 is 5.32 Å². The van der Waals surface area contributed by atoms with Crippen molar-refractivity contribution in [2.24, 2.45) is 0 Å². The number of aryl methyl sites for hydroxylation is 1. The third kappa shape index (κ3) is 3.34. The van der Waals surface area contributed by atoms with Gasteiger partial charge in [-0.15, -0.1) is 11.3 Å². The largest absolute Gasteiger partial charge is 0.464 e. The average molecular weight is 261 g/mol. The number of amides is 1. The highest BCUT2D eigenvalue weighted by atomic mass is 32.1. The summed E-state index contributed by atoms with van der Waals surface area (Å²) in [4.78, 5) is 12.8. The number of furan rings is 1. The maximum Gasteiger partial charge on any atom is 0.244 e. The van der Waals surface area contributed by atoms with Crippen molar-refractivity contribution in [1.82, 2.24) is 5.32 Å². The minimum absolute atomic E-state index is 0.120. The Hall–Kier alpha value is -1.81. The molecular formula is C14H15NO2S. The van der Waals surface area contributed by atoms with Crippen LogP contribution in [-0.2, 0) is 4.79 Å². The topological polar surface area (TPSA) is 42.2 Å². The summed E-state index contributed by atoms with van der Waals surface area (Å²) >= 11 is 1.60. The summed E-state index contributed by atoms with van der Waals surface area (Å²) in [5.41, 5.74) is 0. The zero-order chi connectivity index (χ0) is 13.0. The van der Waals surface area contributed by atoms with Crippen molar-refractivity contribution in [3.05, 3.63) is 52.1 Å². The first kappa shape index (κ1) is 12.6. The molecule has 2 aromatic rings. The van der Waals surface area contributed by atoms with Gasteiger partial charge in [-0.05, 0) is 43.5 Å². The minimum Gasteiger partial charge on any atom is -0.464 e. The van der Waals surface area contributed by atoms with Gasteiger partial charge in [-0.2, -0.15) is 0 Å². The predicted octanol–water partition coefficient (Wildman–Crippen LogP) is 3.54. The van der Waals surface area contributed by atoms with Crippen molar-refractivity contribution in [1.29, 1.82) is 0 Å². The van der Waals surface area contributed by atoms with Crippen molar-refractivity contribution < 1.29 is 9.21 Å². The van der Waals surface area contributed by atoms with E-state index in [1.807, 2.05) is 43.5 Å². The minimum atomic E-state index is -0.126. The highest BCUT2D eigenvalue weighted by Gasteiger charge is 2.10. The summed E-state index contributed by atoms with van der Waals surface area (Å²) < 4.78 is 5.46. The molecule has 1 atom stereocenters. The number of carbonyl (C=O) groups excluding carboxylic acids is 1. The van der Waals surface area contributed by atoms with Gasteiger partial charge in [-0.1, -0.05) is 6.07 Å². The van der Waals surface area contributed by atoms with Gasteiger partial charge in [-0.3, -0.25) is 4.79 Å². The third-order valence-electron chi connectivity index (χ3n) is 2.49. The Balaban J connectivity index is 1.91. The van der Waals surface area contributed by atoms with E-state index < -0.39 is 0 Å². The highest BCUT2D eigenvalue weighted by molar-refractivity contribution is 7.10. The van der Waals surface area contributed by atoms with Crippen LogP contribution in [0.2, 0.25) is 0 Å². The molecule has 0 radical (unpaired) electrons. The number of hydrogen-bond donors (Lipinski definition) is 1. The van der Waals surface area contributed by atoms with Crippen molar-refractivity contribution in [2.75, 3.05) is 0 Å². The summed E-state index contributed by atoms with van der Waals surface area (Å²) in [5, 5.41) is 4.84. The van der Waals surface area contributed by atoms with E-state index in [4.69, 9.17) is 4.42 Å². The molecule has 0 aromatic carbocycles. The first-order chi connectivity index (χ1) is 8.65. The van der Waals surface area contributed by atoms with Crippen LogP contribution in [0.4, 0.5) is 0 Å². The Kier molecular flexibility index (Phi) is 3.99. The Bertz CT molecular complexity index is 540. The molecule has 0 bridgehead atoms. The molecule has 18 heavy (non-hydrogen) atoms. The zero-order valence-electron chi connectivity index (χ0n) is 10.3. The van der Waals surface area contributed by atoms with E-state index in [0.717, 1.165) is 16.4 Å². The molecule has 3 nitrogen and oxygen atoms in total. The summed E-state index contributed by atoms with van der Waals surface area (Å²) in [6, 6.07) is 7.56. The molecule has 4 heteroatoms. The number of carbonyl (C=O) groups is 1. The van der Waals surface area contributed by atoms with Gasteiger partial charge in [0.25, 0.3) is 0 Å². The average Bonchev–Trinajstić information content (AvgIpc) is 2.97. The molecule has 0 saturated heterocycles. The van der Waals surface area contributed by atoms with E-state index in [2.05, 4.69) is 5.32 Å². The fourth-order valence-corrected chi connectivity index (χ4v) is 2.18. The van der Waals surface area contributed by atoms with Crippen molar-refractivity contribution in [2.45, 2.75) is 19.9 Å². The van der Waals surface area contributed by atoms with Crippen molar-refractivity contribution in [3.8, 4) is 0 Å². The molecule has 1 unspecified atom stereocenters. The maximum absolute atomic E-state index is 11.7. The molecule has 0 fully saturated rings. The van der Waals surface area contributed by atoms with E-state index >= 15 is 0 Å². The molecule has 1 N–H and O–H groups in total. The monoisotopic (exact) mass is 261 g/mol. The Morgan fingerprint density at radius 1 is 1.44 bits per heavy atom. The summed E-state index contributed by atoms with van der Waals surface area (Å²) in [6.07, 6.45) is 3.35. The normalized spacial score (nSPS) is 12.8. The molecule has 1 amide bonds. The van der Waals surface area contributed by atoms with Crippen molar-refractivity contribution >= 4 is 23.3 Å². The summed E-state index contributed by atoms with van der Waals surface area (Å²) in [7, 11) is 0. The van der Waals surface area contributed by atoms with Crippen LogP contribution >= 0.6 is 11.3 Å². The fourth-order valence-electron chi connectivity index (χ4n) is 1.56. The van der Waals surface area contributed by atoms with Gasteiger partial charge >= 0.3 is 0 Å². The number of rotatable bonds is 4. The van der Waals surface area contributed by atoms with E-state index in [-0.39, 0.29) is 11.9 Å². The van der Waals surface area contributed by atoms with Crippen molar-refractivity contribution in [3.63, 3.8) is 0 Å². The van der Waals surface area contributed by atoms with E-state index in [1.165, 1.54) is 6.08 Å². The van der Waals surface area contributed by atoms with E-state index in [0.29, 0.717) is 0 Å². The Morgan fingerprint density at radius 3 is 2.89 bits per heavy atom. The van der Waals surface area contributed by atoms with Gasteiger partial charge < -0.3 is 9.73 Å². The van der Waals surface area contributed by atoms with Gasteiger partial charge in [0.05, 0.1) is 6.04 Å². The lowest BCUT2D eigenvalue weighted by Gasteiger charge is -2.09. The zero-order valence-corrected chi connectivity index (χ0v) is 11.2. The van der Waals surface area contributed by atoms with Gasteiger partial charge in [0.15, 0.2) is 0 Å². The van der Waals surface area contributed by atoms with Crippen LogP contribution in [-0.4, -0.2) is 5.91 Å². The standard InChI is InChI=1S/C14H15NO2S/c1-10-5-7-13(17-10)11(2)15-14(16)8-6-12-4-3-9-18-12/h3-9,11H,1-2H3,(H,15,16)/b8-6+. The summed E-state index contributed by atoms with van der Waals surface area (Å²) in [5.74, 6) is 1.50. The fraction of sp³-hybridized carbons (Fsp3) is 0.214. The number of thiophene rings is 1. The Labute approximate surface area is 110 Å². The lowest BCUT2D eigenvalue weighted by Crippen LogP contribution is -2.24. The third-order valence-corrected chi connectivity index (χ3v) is 3.33. The number of hydrogen-bond acceptors (Lipinski definition) is 3. The molecule has 94 valence electrons. The smallest absolute Gasteiger partial charge is 0.244 e. The lowest BCUT2D eigenvalue weighted by atomic mass is 10.2. The highest BCUT2D eigenvalue weighted by Crippen LogP contribution is 2.15. The maximum atomic E-state index is 11.7. The van der Waals surface area contributed by atoms with Crippen LogP contribution in [0.5, 0.6) is 0 Å². The molecule has 2 heterocycles. The SMILES string of the molecule is Cc1ccc(C(C)NC(=O)/C=C/c2cccs2)o1. The van der Waals surface area contributed by atoms with Gasteiger partial charge in [0.1, 0.15) is 11.5 Å². The quantitative estimate of drug-likeness (QED) is 0.855. The van der Waals surface area contributed by atoms with Gasteiger partial charge in [0.2, 0.25) is 5.91 Å². The van der Waals surface area contributed by atoms with Crippen LogP contribution in [0.15, 0.2) is 40.1 Å². The first-order valence-electron chi connectivity index (χ1n) is 5.73. The second kappa shape index (κ2) is 5.69. The lowest BCUT2D eigenvalue weighted by molar-refractivity contribution is -0.117. The second-order valence-corrected chi connectivity index (χ2v) is 5.01. The molecule has 0 aliphatic rings. The first-order valence-corrected chi connectivity index (χ1v) is 6.61. The van der Waals surface area contributed by atoms with Crippen LogP contribution in [0.3, 0.4) is 0 Å². The summed E-state index contributed by atoms with van der Waals surface area (Å²) in [6.45, 7) is 3.78. The number of nitrogens with one attached hydrogen (secondary N) is 1. The molecule has 0 saturated carbocycles. The van der Waals surface area contributed by atoms with Crippen LogP contribution in [0.25, 0.3) is 6.08 Å². The van der Waals surface area contributed by atoms with Crippen LogP contribution in [0, 0.1) is 6.92 Å². The van der Waals surface area contributed by atoms with E-state index in [9.17, 15) is 4.79 Å². The molecule has 0 spiro atoms. The molecule has 0 aliphatic heterocycles. The second-order valence-electron chi connectivity index (χ2n) is 4.03. The predicted molar refractivity (Wildman–Crippen MR) is 73.4 cm³/mol. The molecular weight excluding hydrogens is 246 g/mol. The van der Waals surface area contributed by atoms with Gasteiger partial charge in [-0.25, -0.2) is 0 Å². The molecule has 2 aromatic heterocycles. The molecule has 0 aliphatic carbocycles.